The highest BCUT2D eigenvalue weighted by atomic mass is 32.2. The molecule has 0 radical (unpaired) electrons. The van der Waals surface area contributed by atoms with Gasteiger partial charge >= 0.3 is 0 Å². The van der Waals surface area contributed by atoms with Gasteiger partial charge in [0.2, 0.25) is 21.9 Å². The number of fused-ring (bicyclic) bond motifs is 1. The molecule has 3 atom stereocenters. The first-order valence-electron chi connectivity index (χ1n) is 16.0. The summed E-state index contributed by atoms with van der Waals surface area (Å²) in [5.41, 5.74) is 2.03. The average molecular weight is 649 g/mol. The lowest BCUT2D eigenvalue weighted by Crippen LogP contribution is -2.68. The second-order valence-electron chi connectivity index (χ2n) is 12.8. The molecule has 2 aromatic heterocycles. The van der Waals surface area contributed by atoms with Crippen LogP contribution in [0.25, 0.3) is 10.8 Å². The molecule has 46 heavy (non-hydrogen) atoms. The monoisotopic (exact) mass is 648 g/mol. The van der Waals surface area contributed by atoms with Crippen molar-refractivity contribution in [1.29, 1.82) is 0 Å². The number of pyridine rings is 1. The Bertz CT molecular complexity index is 1730. The van der Waals surface area contributed by atoms with Crippen molar-refractivity contribution in [1.82, 2.24) is 24.2 Å². The maximum Gasteiger partial charge on any atom is 0.246 e. The van der Waals surface area contributed by atoms with Gasteiger partial charge in [-0.1, -0.05) is 12.6 Å². The van der Waals surface area contributed by atoms with Gasteiger partial charge in [-0.25, -0.2) is 18.4 Å². The number of likely N-dealkylation sites (tertiary alicyclic amines) is 1. The third-order valence-corrected chi connectivity index (χ3v) is 11.1. The number of carbonyl (C=O) groups excluding carboxylic acids is 1. The summed E-state index contributed by atoms with van der Waals surface area (Å²) >= 11 is 0. The van der Waals surface area contributed by atoms with Crippen LogP contribution in [0.4, 0.5) is 23.3 Å². The van der Waals surface area contributed by atoms with Crippen molar-refractivity contribution in [3.05, 3.63) is 54.9 Å². The summed E-state index contributed by atoms with van der Waals surface area (Å²) in [5, 5.41) is 5.32. The molecule has 1 aromatic carbocycles. The number of rotatable bonds is 10. The van der Waals surface area contributed by atoms with Crippen molar-refractivity contribution in [3.63, 3.8) is 0 Å². The smallest absolute Gasteiger partial charge is 0.246 e. The molecule has 3 saturated heterocycles. The van der Waals surface area contributed by atoms with E-state index in [0.717, 1.165) is 54.4 Å². The molecule has 3 fully saturated rings. The summed E-state index contributed by atoms with van der Waals surface area (Å²) in [5.74, 6) is 1.86. The number of benzene rings is 1. The van der Waals surface area contributed by atoms with E-state index >= 15 is 0 Å². The van der Waals surface area contributed by atoms with Gasteiger partial charge in [0.15, 0.2) is 0 Å². The van der Waals surface area contributed by atoms with E-state index in [4.69, 9.17) is 14.7 Å². The van der Waals surface area contributed by atoms with Crippen molar-refractivity contribution in [2.75, 3.05) is 54.7 Å². The summed E-state index contributed by atoms with van der Waals surface area (Å²) in [7, 11) is -1.61. The Morgan fingerprint density at radius 3 is 2.48 bits per heavy atom. The standard InChI is InChI=1S/C33H44N8O4S/c1-7-32(42)39-17-13-28(39)24-8-9-27(40-20-29(22(40)4)41(21(2)3)46(6,43)44)26-19-35-31(18-25(24)26)36-30-10-14-34-33(37-30)38-15-11-23(45-5)12-16-38/h7-10,14,18-19,21-23,28-29H,1,11-13,15-17,20H2,2-6H3,(H,34,35,36,37)/t22-,28+,29+/m1/s1. The van der Waals surface area contributed by atoms with Gasteiger partial charge in [0.25, 0.3) is 0 Å². The number of amides is 1. The van der Waals surface area contributed by atoms with Crippen molar-refractivity contribution in [3.8, 4) is 0 Å². The summed E-state index contributed by atoms with van der Waals surface area (Å²) in [6.07, 6.45) is 9.25. The number of hydrogen-bond donors (Lipinski definition) is 1. The van der Waals surface area contributed by atoms with Crippen LogP contribution in [-0.4, -0.2) is 102 Å². The van der Waals surface area contributed by atoms with Crippen LogP contribution in [0.2, 0.25) is 0 Å². The van der Waals surface area contributed by atoms with Crippen molar-refractivity contribution in [2.24, 2.45) is 0 Å². The van der Waals surface area contributed by atoms with E-state index in [1.165, 1.54) is 12.3 Å². The summed E-state index contributed by atoms with van der Waals surface area (Å²) in [4.78, 5) is 33.0. The first-order chi connectivity index (χ1) is 22.0. The van der Waals surface area contributed by atoms with Crippen molar-refractivity contribution in [2.45, 2.75) is 70.3 Å². The number of ether oxygens (including phenoxy) is 1. The number of piperidine rings is 1. The number of sulfonamides is 1. The summed E-state index contributed by atoms with van der Waals surface area (Å²) < 4.78 is 32.4. The highest BCUT2D eigenvalue weighted by Crippen LogP contribution is 2.43. The highest BCUT2D eigenvalue weighted by Gasteiger charge is 2.45. The van der Waals surface area contributed by atoms with Gasteiger partial charge in [0.05, 0.1) is 24.4 Å². The first kappa shape index (κ1) is 32.1. The molecule has 12 nitrogen and oxygen atoms in total. The van der Waals surface area contributed by atoms with E-state index in [-0.39, 0.29) is 36.2 Å². The number of aromatic nitrogens is 3. The summed E-state index contributed by atoms with van der Waals surface area (Å²) in [6, 6.07) is 7.67. The molecule has 3 aliphatic heterocycles. The number of carbonyl (C=O) groups is 1. The molecule has 0 unspecified atom stereocenters. The second-order valence-corrected chi connectivity index (χ2v) is 14.7. The molecule has 3 aliphatic rings. The Morgan fingerprint density at radius 1 is 1.11 bits per heavy atom. The predicted octanol–water partition coefficient (Wildman–Crippen LogP) is 4.09. The van der Waals surface area contributed by atoms with Crippen LogP contribution in [0.5, 0.6) is 0 Å². The van der Waals surface area contributed by atoms with Crippen LogP contribution >= 0.6 is 0 Å². The molecule has 0 spiro atoms. The zero-order valence-electron chi connectivity index (χ0n) is 27.3. The normalized spacial score (nSPS) is 22.2. The van der Waals surface area contributed by atoms with E-state index in [2.05, 4.69) is 45.7 Å². The fraction of sp³-hybridized carbons (Fsp3) is 0.515. The average Bonchev–Trinajstić information content (AvgIpc) is 3.02. The maximum absolute atomic E-state index is 12.6. The van der Waals surface area contributed by atoms with Gasteiger partial charge in [0, 0.05) is 68.8 Å². The Morgan fingerprint density at radius 2 is 1.87 bits per heavy atom. The lowest BCUT2D eigenvalue weighted by Gasteiger charge is -2.53. The Kier molecular flexibility index (Phi) is 8.92. The van der Waals surface area contributed by atoms with Crippen molar-refractivity contribution < 1.29 is 17.9 Å². The third-order valence-electron chi connectivity index (χ3n) is 9.67. The predicted molar refractivity (Wildman–Crippen MR) is 181 cm³/mol. The topological polar surface area (TPSA) is 124 Å². The molecule has 246 valence electrons. The fourth-order valence-electron chi connectivity index (χ4n) is 7.15. The lowest BCUT2D eigenvalue weighted by molar-refractivity contribution is -0.133. The molecule has 0 aliphatic carbocycles. The molecule has 5 heterocycles. The quantitative estimate of drug-likeness (QED) is 0.322. The number of nitrogens with one attached hydrogen (secondary N) is 1. The third kappa shape index (κ3) is 6.03. The molecule has 0 saturated carbocycles. The fourth-order valence-corrected chi connectivity index (χ4v) is 8.65. The van der Waals surface area contributed by atoms with Gasteiger partial charge in [0.1, 0.15) is 11.6 Å². The van der Waals surface area contributed by atoms with Crippen LogP contribution in [0.1, 0.15) is 51.6 Å². The number of nitrogens with zero attached hydrogens (tertiary/aromatic N) is 7. The molecule has 13 heteroatoms. The summed E-state index contributed by atoms with van der Waals surface area (Å²) in [6.45, 7) is 12.5. The van der Waals surface area contributed by atoms with Crippen LogP contribution in [0, 0.1) is 0 Å². The minimum absolute atomic E-state index is 0.0279. The van der Waals surface area contributed by atoms with Crippen LogP contribution in [0.3, 0.4) is 0 Å². The highest BCUT2D eigenvalue weighted by molar-refractivity contribution is 7.88. The Labute approximate surface area is 271 Å². The first-order valence-corrected chi connectivity index (χ1v) is 17.8. The van der Waals surface area contributed by atoms with Gasteiger partial charge in [-0.15, -0.1) is 0 Å². The van der Waals surface area contributed by atoms with Crippen molar-refractivity contribution >= 4 is 50.0 Å². The molecule has 0 bridgehead atoms. The minimum Gasteiger partial charge on any atom is -0.381 e. The van der Waals surface area contributed by atoms with Gasteiger partial charge in [-0.2, -0.15) is 9.29 Å². The number of hydrogen-bond acceptors (Lipinski definition) is 10. The minimum atomic E-state index is -3.36. The van der Waals surface area contributed by atoms with Crippen LogP contribution in [0.15, 0.2) is 49.3 Å². The number of anilines is 4. The lowest BCUT2D eigenvalue weighted by atomic mass is 9.88. The largest absolute Gasteiger partial charge is 0.381 e. The Hall–Kier alpha value is -3.81. The van der Waals surface area contributed by atoms with E-state index in [1.54, 1.807) is 17.6 Å². The Balaban J connectivity index is 1.32. The molecule has 1 N–H and O–H groups in total. The van der Waals surface area contributed by atoms with Gasteiger partial charge < -0.3 is 24.8 Å². The maximum atomic E-state index is 12.6. The van der Waals surface area contributed by atoms with E-state index in [1.807, 2.05) is 37.1 Å². The van der Waals surface area contributed by atoms with Crippen LogP contribution in [-0.2, 0) is 19.6 Å². The number of methoxy groups -OCH3 is 1. The van der Waals surface area contributed by atoms with E-state index in [9.17, 15) is 13.2 Å². The zero-order chi connectivity index (χ0) is 32.7. The van der Waals surface area contributed by atoms with Gasteiger partial charge in [-0.05, 0) is 75.3 Å². The molecule has 3 aromatic rings. The molecular formula is C33H44N8O4S. The molecular weight excluding hydrogens is 604 g/mol. The molecule has 1 amide bonds. The van der Waals surface area contributed by atoms with E-state index in [0.29, 0.717) is 30.7 Å². The molecule has 6 rings (SSSR count). The SMILES string of the molecule is C=CC(=O)N1CC[C@H]1c1ccc(N2C[C@H](N(C(C)C)S(C)(=O)=O)[C@H]2C)c2cnc(Nc3ccnc(N4CCC(OC)CC4)n3)cc12. The second kappa shape index (κ2) is 12.8. The van der Waals surface area contributed by atoms with Crippen LogP contribution < -0.4 is 15.1 Å². The van der Waals surface area contributed by atoms with Gasteiger partial charge in [-0.3, -0.25) is 4.79 Å². The van der Waals surface area contributed by atoms with E-state index < -0.39 is 10.0 Å². The zero-order valence-corrected chi connectivity index (χ0v) is 28.1.